The predicted molar refractivity (Wildman–Crippen MR) is 141 cm³/mol. The molecule has 0 spiro atoms. The SMILES string of the molecule is CN1CCC(Oc2cc(NS(=O)(=O)c3sc(Sc4cc(Cl)cc(Cl)c4)cc3Br)ccc2C(F)(F)F)C1. The average molecular weight is 662 g/mol. The lowest BCUT2D eigenvalue weighted by molar-refractivity contribution is -0.139. The fourth-order valence-corrected chi connectivity index (χ4v) is 9.47. The van der Waals surface area contributed by atoms with E-state index in [1.165, 1.54) is 11.8 Å². The normalized spacial score (nSPS) is 16.9. The van der Waals surface area contributed by atoms with Crippen LogP contribution >= 0.6 is 62.2 Å². The van der Waals surface area contributed by atoms with Crippen molar-refractivity contribution in [2.45, 2.75) is 32.0 Å². The van der Waals surface area contributed by atoms with E-state index < -0.39 is 33.6 Å². The second-order valence-corrected chi connectivity index (χ2v) is 14.0. The van der Waals surface area contributed by atoms with Crippen molar-refractivity contribution in [1.82, 2.24) is 4.90 Å². The Morgan fingerprint density at radius 2 is 1.86 bits per heavy atom. The molecule has 1 unspecified atom stereocenters. The number of hydrogen-bond acceptors (Lipinski definition) is 6. The molecule has 194 valence electrons. The fourth-order valence-electron chi connectivity index (χ4n) is 3.56. The molecule has 3 aromatic rings. The third-order valence-electron chi connectivity index (χ3n) is 5.11. The van der Waals surface area contributed by atoms with Gasteiger partial charge in [-0.3, -0.25) is 4.72 Å². The molecule has 1 atom stereocenters. The van der Waals surface area contributed by atoms with Crippen LogP contribution in [0.15, 0.2) is 60.3 Å². The third kappa shape index (κ3) is 6.83. The van der Waals surface area contributed by atoms with Crippen LogP contribution in [0.25, 0.3) is 0 Å². The van der Waals surface area contributed by atoms with E-state index in [0.717, 1.165) is 34.4 Å². The molecule has 4 rings (SSSR count). The first kappa shape index (κ1) is 27.9. The molecule has 1 aliphatic rings. The molecule has 2 aromatic carbocycles. The molecule has 14 heteroatoms. The number of nitrogens with zero attached hydrogens (tertiary/aromatic N) is 1. The first-order chi connectivity index (χ1) is 16.8. The maximum Gasteiger partial charge on any atom is 0.419 e. The average Bonchev–Trinajstić information content (AvgIpc) is 3.31. The van der Waals surface area contributed by atoms with Gasteiger partial charge in [0.1, 0.15) is 11.9 Å². The fraction of sp³-hybridized carbons (Fsp3) is 0.273. The zero-order valence-electron chi connectivity index (χ0n) is 18.4. The molecular formula is C22H18BrCl2F3N2O3S3. The van der Waals surface area contributed by atoms with Crippen molar-refractivity contribution in [2.75, 3.05) is 24.9 Å². The van der Waals surface area contributed by atoms with E-state index >= 15 is 0 Å². The Kier molecular flexibility index (Phi) is 8.45. The van der Waals surface area contributed by atoms with Crippen molar-refractivity contribution in [3.8, 4) is 5.75 Å². The van der Waals surface area contributed by atoms with E-state index in [1.807, 2.05) is 11.9 Å². The number of thiophene rings is 1. The Morgan fingerprint density at radius 3 is 2.47 bits per heavy atom. The van der Waals surface area contributed by atoms with Gasteiger partial charge in [-0.2, -0.15) is 13.2 Å². The number of likely N-dealkylation sites (tertiary alicyclic amines) is 1. The van der Waals surface area contributed by atoms with Gasteiger partial charge in [-0.1, -0.05) is 35.0 Å². The summed E-state index contributed by atoms with van der Waals surface area (Å²) in [6.45, 7) is 1.18. The van der Waals surface area contributed by atoms with E-state index in [-0.39, 0.29) is 9.90 Å². The molecule has 2 heterocycles. The number of hydrogen-bond donors (Lipinski definition) is 1. The quantitative estimate of drug-likeness (QED) is 0.279. The van der Waals surface area contributed by atoms with Gasteiger partial charge >= 0.3 is 6.18 Å². The van der Waals surface area contributed by atoms with Crippen LogP contribution in [0.4, 0.5) is 18.9 Å². The summed E-state index contributed by atoms with van der Waals surface area (Å²) < 4.78 is 75.9. The van der Waals surface area contributed by atoms with Gasteiger partial charge in [-0.05, 0) is 65.8 Å². The highest BCUT2D eigenvalue weighted by Crippen LogP contribution is 2.43. The molecule has 1 aromatic heterocycles. The minimum atomic E-state index is -4.65. The van der Waals surface area contributed by atoms with E-state index in [1.54, 1.807) is 24.3 Å². The van der Waals surface area contributed by atoms with Crippen molar-refractivity contribution < 1.29 is 26.3 Å². The van der Waals surface area contributed by atoms with Crippen LogP contribution in [0.3, 0.4) is 0 Å². The van der Waals surface area contributed by atoms with Crippen LogP contribution in [0, 0.1) is 0 Å². The topological polar surface area (TPSA) is 58.6 Å². The van der Waals surface area contributed by atoms with Crippen LogP contribution < -0.4 is 9.46 Å². The standard InChI is InChI=1S/C22H18BrCl2F3N2O3S3/c1-30-5-4-15(11-30)33-19-9-14(2-3-17(19)22(26,27)28)29-36(31,32)21-18(23)10-20(35-21)34-16-7-12(24)6-13(25)8-16/h2-3,6-10,15,29H,4-5,11H2,1H3. The van der Waals surface area contributed by atoms with Crippen molar-refractivity contribution >= 4 is 77.9 Å². The predicted octanol–water partition coefficient (Wildman–Crippen LogP) is 7.87. The Labute approximate surface area is 233 Å². The Hall–Kier alpha value is -1.15. The van der Waals surface area contributed by atoms with E-state index in [2.05, 4.69) is 20.7 Å². The summed E-state index contributed by atoms with van der Waals surface area (Å²) in [6, 6.07) is 9.58. The largest absolute Gasteiger partial charge is 0.488 e. The number of alkyl halides is 3. The van der Waals surface area contributed by atoms with Crippen molar-refractivity contribution in [3.05, 3.63) is 62.5 Å². The second kappa shape index (κ2) is 10.9. The molecular weight excluding hydrogens is 644 g/mol. The zero-order valence-corrected chi connectivity index (χ0v) is 24.0. The highest BCUT2D eigenvalue weighted by Gasteiger charge is 2.36. The number of rotatable bonds is 7. The number of sulfonamides is 1. The van der Waals surface area contributed by atoms with Crippen LogP contribution in [0.5, 0.6) is 5.75 Å². The van der Waals surface area contributed by atoms with Gasteiger partial charge in [0.2, 0.25) is 0 Å². The summed E-state index contributed by atoms with van der Waals surface area (Å²) in [5.74, 6) is -0.415. The summed E-state index contributed by atoms with van der Waals surface area (Å²) in [5, 5.41) is 0.888. The lowest BCUT2D eigenvalue weighted by Crippen LogP contribution is -2.23. The lowest BCUT2D eigenvalue weighted by atomic mass is 10.1. The summed E-state index contributed by atoms with van der Waals surface area (Å²) in [7, 11) is -2.27. The lowest BCUT2D eigenvalue weighted by Gasteiger charge is -2.19. The molecule has 1 N–H and O–H groups in total. The minimum Gasteiger partial charge on any atom is -0.488 e. The highest BCUT2D eigenvalue weighted by atomic mass is 79.9. The van der Waals surface area contributed by atoms with Crippen LogP contribution in [0.1, 0.15) is 12.0 Å². The molecule has 1 saturated heterocycles. The van der Waals surface area contributed by atoms with Crippen LogP contribution in [0.2, 0.25) is 10.0 Å². The van der Waals surface area contributed by atoms with Gasteiger partial charge in [-0.15, -0.1) is 11.3 Å². The second-order valence-electron chi connectivity index (χ2n) is 8.01. The van der Waals surface area contributed by atoms with Gasteiger partial charge in [0.15, 0.2) is 4.21 Å². The molecule has 1 aliphatic heterocycles. The van der Waals surface area contributed by atoms with E-state index in [9.17, 15) is 21.6 Å². The van der Waals surface area contributed by atoms with Crippen molar-refractivity contribution in [1.29, 1.82) is 0 Å². The molecule has 0 bridgehead atoms. The van der Waals surface area contributed by atoms with Crippen molar-refractivity contribution in [2.24, 2.45) is 0 Å². The Bertz CT molecular complexity index is 1370. The summed E-state index contributed by atoms with van der Waals surface area (Å²) >= 11 is 17.6. The number of anilines is 1. The van der Waals surface area contributed by atoms with Crippen molar-refractivity contribution in [3.63, 3.8) is 0 Å². The highest BCUT2D eigenvalue weighted by molar-refractivity contribution is 9.10. The zero-order chi connectivity index (χ0) is 26.3. The minimum absolute atomic E-state index is 0.0297. The molecule has 1 fully saturated rings. The van der Waals surface area contributed by atoms with Crippen LogP contribution in [-0.2, 0) is 16.2 Å². The molecule has 0 saturated carbocycles. The monoisotopic (exact) mass is 660 g/mol. The van der Waals surface area contributed by atoms with E-state index in [4.69, 9.17) is 27.9 Å². The number of likely N-dealkylation sites (N-methyl/N-ethyl adjacent to an activating group) is 1. The van der Waals surface area contributed by atoms with Gasteiger partial charge < -0.3 is 9.64 Å². The molecule has 0 aliphatic carbocycles. The van der Waals surface area contributed by atoms with Gasteiger partial charge in [0, 0.05) is 34.1 Å². The Balaban J connectivity index is 1.58. The first-order valence-corrected chi connectivity index (χ1v) is 15.0. The first-order valence-electron chi connectivity index (χ1n) is 10.3. The van der Waals surface area contributed by atoms with Gasteiger partial charge in [0.05, 0.1) is 19.9 Å². The number of benzene rings is 2. The Morgan fingerprint density at radius 1 is 1.17 bits per heavy atom. The molecule has 5 nitrogen and oxygen atoms in total. The van der Waals surface area contributed by atoms with E-state index in [0.29, 0.717) is 38.2 Å². The van der Waals surface area contributed by atoms with Gasteiger partial charge in [-0.25, -0.2) is 8.42 Å². The molecule has 0 amide bonds. The smallest absolute Gasteiger partial charge is 0.419 e. The summed E-state index contributed by atoms with van der Waals surface area (Å²) in [4.78, 5) is 2.67. The number of ether oxygens (including phenoxy) is 1. The number of halogens is 6. The summed E-state index contributed by atoms with van der Waals surface area (Å²) in [6.07, 6.45) is -4.50. The molecule has 36 heavy (non-hydrogen) atoms. The molecule has 0 radical (unpaired) electrons. The maximum absolute atomic E-state index is 13.6. The number of nitrogens with one attached hydrogen (secondary N) is 1. The van der Waals surface area contributed by atoms with Gasteiger partial charge in [0.25, 0.3) is 10.0 Å². The maximum atomic E-state index is 13.6. The summed E-state index contributed by atoms with van der Waals surface area (Å²) in [5.41, 5.74) is -1.00. The van der Waals surface area contributed by atoms with Crippen LogP contribution in [-0.4, -0.2) is 39.6 Å². The third-order valence-corrected chi connectivity index (χ3v) is 10.8.